The van der Waals surface area contributed by atoms with Crippen molar-refractivity contribution in [3.63, 3.8) is 0 Å². The summed E-state index contributed by atoms with van der Waals surface area (Å²) in [6.45, 7) is 1.50. The number of hydrogen-bond acceptors (Lipinski definition) is 4. The van der Waals surface area contributed by atoms with Gasteiger partial charge in [0.15, 0.2) is 0 Å². The second-order valence-corrected chi connectivity index (χ2v) is 8.64. The number of ether oxygens (including phenoxy) is 1. The van der Waals surface area contributed by atoms with Crippen LogP contribution >= 0.6 is 0 Å². The molecule has 0 unspecified atom stereocenters. The first kappa shape index (κ1) is 21.2. The second-order valence-electron chi connectivity index (χ2n) is 8.64. The maximum absolute atomic E-state index is 13.2. The highest BCUT2D eigenvalue weighted by Crippen LogP contribution is 2.50. The fourth-order valence-electron chi connectivity index (χ4n) is 5.26. The van der Waals surface area contributed by atoms with Crippen molar-refractivity contribution >= 4 is 0 Å². The van der Waals surface area contributed by atoms with Gasteiger partial charge in [-0.1, -0.05) is 12.8 Å². The van der Waals surface area contributed by atoms with Crippen molar-refractivity contribution in [1.82, 2.24) is 15.3 Å². The number of nitrogens with one attached hydrogen (secondary N) is 1. The van der Waals surface area contributed by atoms with Crippen LogP contribution in [0.2, 0.25) is 0 Å². The average Bonchev–Trinajstić information content (AvgIpc) is 3.19. The highest BCUT2D eigenvalue weighted by atomic mass is 19.4. The fourth-order valence-corrected chi connectivity index (χ4v) is 5.26. The van der Waals surface area contributed by atoms with Crippen LogP contribution in [0.25, 0.3) is 0 Å². The quantitative estimate of drug-likeness (QED) is 0.667. The lowest BCUT2D eigenvalue weighted by molar-refractivity contribution is -0.138. The molecular formula is C23H28F3N3O. The van der Waals surface area contributed by atoms with Gasteiger partial charge in [-0.05, 0) is 68.0 Å². The Bertz CT molecular complexity index is 837. The number of halogens is 3. The normalized spacial score (nSPS) is 23.7. The molecule has 1 saturated heterocycles. The first-order valence-electron chi connectivity index (χ1n) is 10.7. The molecule has 0 bridgehead atoms. The standard InChI is InChI=1S/C23H28F3N3O/c24-23(25,26)20-5-12-28-15-18(20)16-29-13-8-21(19-3-10-27-11-4-19)9-14-30-22(17-21)6-1-2-7-22/h3-5,10-12,15,29H,1-2,6-9,13-14,16-17H2/t21-/m0/s1. The van der Waals surface area contributed by atoms with Crippen LogP contribution in [0.4, 0.5) is 13.2 Å². The van der Waals surface area contributed by atoms with Crippen molar-refractivity contribution in [3.05, 3.63) is 59.7 Å². The molecule has 4 nitrogen and oxygen atoms in total. The molecule has 1 atom stereocenters. The molecule has 0 aromatic carbocycles. The van der Waals surface area contributed by atoms with Crippen LogP contribution in [0.5, 0.6) is 0 Å². The van der Waals surface area contributed by atoms with E-state index in [1.54, 1.807) is 0 Å². The van der Waals surface area contributed by atoms with Gasteiger partial charge in [-0.15, -0.1) is 0 Å². The van der Waals surface area contributed by atoms with Crippen LogP contribution in [0.1, 0.15) is 61.6 Å². The highest BCUT2D eigenvalue weighted by molar-refractivity contribution is 5.27. The predicted octanol–water partition coefficient (Wildman–Crippen LogP) is 5.04. The van der Waals surface area contributed by atoms with Gasteiger partial charge in [0.1, 0.15) is 0 Å². The summed E-state index contributed by atoms with van der Waals surface area (Å²) in [7, 11) is 0. The Hall–Kier alpha value is -1.99. The molecule has 3 heterocycles. The Kier molecular flexibility index (Phi) is 6.11. The van der Waals surface area contributed by atoms with Crippen LogP contribution < -0.4 is 5.32 Å². The molecule has 1 N–H and O–H groups in total. The lowest BCUT2D eigenvalue weighted by Crippen LogP contribution is -2.47. The molecule has 2 aromatic heterocycles. The Labute approximate surface area is 175 Å². The van der Waals surface area contributed by atoms with E-state index in [0.717, 1.165) is 44.8 Å². The summed E-state index contributed by atoms with van der Waals surface area (Å²) in [6, 6.07) is 5.20. The van der Waals surface area contributed by atoms with Crippen molar-refractivity contribution in [2.45, 2.75) is 68.7 Å². The Balaban J connectivity index is 1.47. The van der Waals surface area contributed by atoms with Crippen molar-refractivity contribution < 1.29 is 17.9 Å². The van der Waals surface area contributed by atoms with E-state index in [4.69, 9.17) is 4.74 Å². The molecular weight excluding hydrogens is 391 g/mol. The zero-order valence-electron chi connectivity index (χ0n) is 17.0. The minimum Gasteiger partial charge on any atom is -0.375 e. The van der Waals surface area contributed by atoms with Crippen molar-refractivity contribution in [1.29, 1.82) is 0 Å². The third-order valence-corrected chi connectivity index (χ3v) is 6.76. The molecule has 30 heavy (non-hydrogen) atoms. The topological polar surface area (TPSA) is 47.0 Å². The smallest absolute Gasteiger partial charge is 0.375 e. The van der Waals surface area contributed by atoms with Gasteiger partial charge in [-0.25, -0.2) is 0 Å². The van der Waals surface area contributed by atoms with Crippen LogP contribution in [0, 0.1) is 0 Å². The molecule has 0 amide bonds. The zero-order chi connectivity index (χ0) is 21.1. The summed E-state index contributed by atoms with van der Waals surface area (Å²) in [5.41, 5.74) is 0.729. The average molecular weight is 419 g/mol. The van der Waals surface area contributed by atoms with Gasteiger partial charge >= 0.3 is 6.18 Å². The van der Waals surface area contributed by atoms with Gasteiger partial charge in [0.25, 0.3) is 0 Å². The Morgan fingerprint density at radius 2 is 1.73 bits per heavy atom. The van der Waals surface area contributed by atoms with Crippen molar-refractivity contribution in [2.75, 3.05) is 13.2 Å². The summed E-state index contributed by atoms with van der Waals surface area (Å²) in [5, 5.41) is 3.24. The Morgan fingerprint density at radius 1 is 1.00 bits per heavy atom. The molecule has 162 valence electrons. The van der Waals surface area contributed by atoms with Gasteiger partial charge in [0, 0.05) is 43.4 Å². The van der Waals surface area contributed by atoms with Gasteiger partial charge in [0.2, 0.25) is 0 Å². The van der Waals surface area contributed by atoms with Gasteiger partial charge in [-0.2, -0.15) is 13.2 Å². The minimum absolute atomic E-state index is 0.0413. The van der Waals surface area contributed by atoms with Gasteiger partial charge in [0.05, 0.1) is 11.2 Å². The summed E-state index contributed by atoms with van der Waals surface area (Å²) in [4.78, 5) is 8.04. The Morgan fingerprint density at radius 3 is 2.47 bits per heavy atom. The molecule has 7 heteroatoms. The van der Waals surface area contributed by atoms with E-state index in [1.165, 1.54) is 30.8 Å². The third-order valence-electron chi connectivity index (χ3n) is 6.76. The third kappa shape index (κ3) is 4.52. The minimum atomic E-state index is -4.37. The van der Waals surface area contributed by atoms with E-state index in [-0.39, 0.29) is 23.1 Å². The SMILES string of the molecule is FC(F)(F)c1ccncc1CNCC[C@]1(c2ccncc2)CCOC2(CCCC2)C1. The lowest BCUT2D eigenvalue weighted by Gasteiger charge is -2.47. The summed E-state index contributed by atoms with van der Waals surface area (Å²) in [5.74, 6) is 0. The number of pyridine rings is 2. The maximum Gasteiger partial charge on any atom is 0.416 e. The number of hydrogen-bond donors (Lipinski definition) is 1. The molecule has 2 aromatic rings. The highest BCUT2D eigenvalue weighted by Gasteiger charge is 2.47. The van der Waals surface area contributed by atoms with Crippen LogP contribution in [-0.4, -0.2) is 28.7 Å². The van der Waals surface area contributed by atoms with E-state index in [9.17, 15) is 13.2 Å². The molecule has 2 fully saturated rings. The van der Waals surface area contributed by atoms with E-state index >= 15 is 0 Å². The summed E-state index contributed by atoms with van der Waals surface area (Å²) < 4.78 is 45.9. The van der Waals surface area contributed by atoms with Gasteiger partial charge in [-0.3, -0.25) is 9.97 Å². The van der Waals surface area contributed by atoms with E-state index in [1.807, 2.05) is 12.4 Å². The second kappa shape index (κ2) is 8.63. The number of nitrogens with zero attached hydrogens (tertiary/aromatic N) is 2. The van der Waals surface area contributed by atoms with Crippen LogP contribution in [-0.2, 0) is 22.9 Å². The number of alkyl halides is 3. The van der Waals surface area contributed by atoms with E-state index in [2.05, 4.69) is 27.4 Å². The molecule has 0 radical (unpaired) electrons. The largest absolute Gasteiger partial charge is 0.416 e. The molecule has 4 rings (SSSR count). The molecule has 1 aliphatic carbocycles. The fraction of sp³-hybridized carbons (Fsp3) is 0.565. The monoisotopic (exact) mass is 419 g/mol. The maximum atomic E-state index is 13.2. The molecule has 1 saturated carbocycles. The zero-order valence-corrected chi connectivity index (χ0v) is 17.0. The van der Waals surface area contributed by atoms with Crippen molar-refractivity contribution in [2.24, 2.45) is 0 Å². The molecule has 1 spiro atoms. The number of aromatic nitrogens is 2. The first-order chi connectivity index (χ1) is 14.4. The van der Waals surface area contributed by atoms with E-state index < -0.39 is 11.7 Å². The predicted molar refractivity (Wildman–Crippen MR) is 108 cm³/mol. The first-order valence-corrected chi connectivity index (χ1v) is 10.7. The van der Waals surface area contributed by atoms with Gasteiger partial charge < -0.3 is 10.1 Å². The van der Waals surface area contributed by atoms with Crippen LogP contribution in [0.3, 0.4) is 0 Å². The lowest BCUT2D eigenvalue weighted by atomic mass is 9.66. The molecule has 2 aliphatic rings. The summed E-state index contributed by atoms with van der Waals surface area (Å²) >= 11 is 0. The number of rotatable bonds is 6. The van der Waals surface area contributed by atoms with E-state index in [0.29, 0.717) is 6.54 Å². The van der Waals surface area contributed by atoms with Crippen LogP contribution in [0.15, 0.2) is 43.0 Å². The molecule has 1 aliphatic heterocycles. The summed E-state index contributed by atoms with van der Waals surface area (Å²) in [6.07, 6.45) is 9.10. The van der Waals surface area contributed by atoms with Crippen molar-refractivity contribution in [3.8, 4) is 0 Å².